The lowest BCUT2D eigenvalue weighted by molar-refractivity contribution is -0.274. The second-order valence-electron chi connectivity index (χ2n) is 5.63. The summed E-state index contributed by atoms with van der Waals surface area (Å²) in [5.41, 5.74) is 0.664. The monoisotopic (exact) mass is 396 g/mol. The van der Waals surface area contributed by atoms with Gasteiger partial charge in [-0.3, -0.25) is 14.5 Å². The molecular formula is C18H12ClF3N2O3. The third-order valence-corrected chi connectivity index (χ3v) is 4.01. The molecule has 0 saturated carbocycles. The summed E-state index contributed by atoms with van der Waals surface area (Å²) >= 11 is 5.85. The normalized spacial score (nSPS) is 14.8. The molecule has 1 aliphatic rings. The first-order valence-electron chi connectivity index (χ1n) is 7.61. The summed E-state index contributed by atoms with van der Waals surface area (Å²) in [5.74, 6) is -1.59. The number of amides is 2. The summed E-state index contributed by atoms with van der Waals surface area (Å²) in [7, 11) is 1.32. The number of imide groups is 1. The maximum absolute atomic E-state index is 12.5. The van der Waals surface area contributed by atoms with Gasteiger partial charge in [0, 0.05) is 23.8 Å². The first kappa shape index (κ1) is 18.8. The maximum Gasteiger partial charge on any atom is 0.573 e. The molecule has 2 aromatic carbocycles. The van der Waals surface area contributed by atoms with Crippen LogP contribution >= 0.6 is 11.6 Å². The molecular weight excluding hydrogens is 385 g/mol. The van der Waals surface area contributed by atoms with E-state index >= 15 is 0 Å². The standard InChI is InChI=1S/C18H12ClF3N2O3/c1-24-16(25)14(10-5-7-11(19)8-6-10)15(17(24)26)23-12-3-2-4-13(9-12)27-18(20,21)22/h2-9,23H,1H3. The molecule has 0 fully saturated rings. The number of nitrogens with one attached hydrogen (secondary N) is 1. The fraction of sp³-hybridized carbons (Fsp3) is 0.111. The Balaban J connectivity index is 1.99. The van der Waals surface area contributed by atoms with Crippen LogP contribution in [-0.2, 0) is 9.59 Å². The number of benzene rings is 2. The lowest BCUT2D eigenvalue weighted by atomic mass is 10.0. The molecule has 140 valence electrons. The molecule has 0 bridgehead atoms. The van der Waals surface area contributed by atoms with E-state index in [4.69, 9.17) is 11.6 Å². The van der Waals surface area contributed by atoms with Crippen molar-refractivity contribution in [2.45, 2.75) is 6.36 Å². The van der Waals surface area contributed by atoms with Crippen molar-refractivity contribution in [3.8, 4) is 5.75 Å². The number of likely N-dealkylation sites (N-methyl/N-ethyl adjacent to an activating group) is 1. The minimum atomic E-state index is -4.84. The van der Waals surface area contributed by atoms with E-state index < -0.39 is 23.9 Å². The summed E-state index contributed by atoms with van der Waals surface area (Å²) in [6.45, 7) is 0. The zero-order valence-electron chi connectivity index (χ0n) is 13.8. The van der Waals surface area contributed by atoms with Crippen molar-refractivity contribution in [3.63, 3.8) is 0 Å². The number of carbonyl (C=O) groups is 2. The zero-order valence-corrected chi connectivity index (χ0v) is 14.6. The molecule has 9 heteroatoms. The maximum atomic E-state index is 12.5. The molecule has 1 N–H and O–H groups in total. The van der Waals surface area contributed by atoms with E-state index in [9.17, 15) is 22.8 Å². The van der Waals surface area contributed by atoms with Gasteiger partial charge >= 0.3 is 6.36 Å². The summed E-state index contributed by atoms with van der Waals surface area (Å²) in [5, 5.41) is 3.18. The fourth-order valence-corrected chi connectivity index (χ4v) is 2.68. The van der Waals surface area contributed by atoms with E-state index in [1.54, 1.807) is 24.3 Å². The van der Waals surface area contributed by atoms with Gasteiger partial charge in [0.05, 0.1) is 5.57 Å². The van der Waals surface area contributed by atoms with Gasteiger partial charge in [-0.25, -0.2) is 0 Å². The second kappa shape index (κ2) is 6.96. The van der Waals surface area contributed by atoms with Gasteiger partial charge in [0.1, 0.15) is 11.4 Å². The number of anilines is 1. The average Bonchev–Trinajstić information content (AvgIpc) is 2.79. The number of halogens is 4. The number of carbonyl (C=O) groups excluding carboxylic acids is 2. The zero-order chi connectivity index (χ0) is 19.8. The molecule has 1 aliphatic heterocycles. The summed E-state index contributed by atoms with van der Waals surface area (Å²) in [4.78, 5) is 25.8. The van der Waals surface area contributed by atoms with Crippen LogP contribution in [0.3, 0.4) is 0 Å². The Morgan fingerprint density at radius 3 is 2.33 bits per heavy atom. The summed E-state index contributed by atoms with van der Waals surface area (Å²) < 4.78 is 41.0. The Morgan fingerprint density at radius 1 is 1.04 bits per heavy atom. The SMILES string of the molecule is CN1C(=O)C(Nc2cccc(OC(F)(F)F)c2)=C(c2ccc(Cl)cc2)C1=O. The van der Waals surface area contributed by atoms with E-state index in [1.807, 2.05) is 0 Å². The molecule has 0 atom stereocenters. The minimum absolute atomic E-state index is 0.0472. The van der Waals surface area contributed by atoms with Crippen LogP contribution in [0.25, 0.3) is 5.57 Å². The molecule has 0 saturated heterocycles. The van der Waals surface area contributed by atoms with Crippen molar-refractivity contribution >= 4 is 34.7 Å². The number of ether oxygens (including phenoxy) is 1. The molecule has 0 aliphatic carbocycles. The molecule has 1 heterocycles. The van der Waals surface area contributed by atoms with E-state index in [2.05, 4.69) is 10.1 Å². The highest BCUT2D eigenvalue weighted by Crippen LogP contribution is 2.31. The third kappa shape index (κ3) is 4.06. The predicted octanol–water partition coefficient (Wildman–Crippen LogP) is 4.06. The van der Waals surface area contributed by atoms with Crippen LogP contribution in [0.1, 0.15) is 5.56 Å². The number of hydrogen-bond donors (Lipinski definition) is 1. The van der Waals surface area contributed by atoms with Crippen LogP contribution in [0.5, 0.6) is 5.75 Å². The molecule has 0 radical (unpaired) electrons. The smallest absolute Gasteiger partial charge is 0.406 e. The Hall–Kier alpha value is -3.00. The largest absolute Gasteiger partial charge is 0.573 e. The quantitative estimate of drug-likeness (QED) is 0.792. The minimum Gasteiger partial charge on any atom is -0.406 e. The van der Waals surface area contributed by atoms with Crippen LogP contribution in [0.2, 0.25) is 5.02 Å². The van der Waals surface area contributed by atoms with Gasteiger partial charge in [0.2, 0.25) is 0 Å². The van der Waals surface area contributed by atoms with Crippen molar-refractivity contribution in [3.05, 3.63) is 64.8 Å². The molecule has 0 unspecified atom stereocenters. The third-order valence-electron chi connectivity index (χ3n) is 3.76. The Bertz CT molecular complexity index is 940. The van der Waals surface area contributed by atoms with Gasteiger partial charge in [-0.15, -0.1) is 13.2 Å². The number of alkyl halides is 3. The van der Waals surface area contributed by atoms with E-state index in [0.717, 1.165) is 17.0 Å². The van der Waals surface area contributed by atoms with Gasteiger partial charge < -0.3 is 10.1 Å². The van der Waals surface area contributed by atoms with Gasteiger partial charge in [-0.1, -0.05) is 29.8 Å². The molecule has 0 aromatic heterocycles. The Labute approximate surface area is 157 Å². The van der Waals surface area contributed by atoms with Gasteiger partial charge in [-0.2, -0.15) is 0 Å². The van der Waals surface area contributed by atoms with Gasteiger partial charge in [-0.05, 0) is 29.8 Å². The highest BCUT2D eigenvalue weighted by atomic mass is 35.5. The lowest BCUT2D eigenvalue weighted by Crippen LogP contribution is -2.27. The average molecular weight is 397 g/mol. The van der Waals surface area contributed by atoms with Gasteiger partial charge in [0.25, 0.3) is 11.8 Å². The predicted molar refractivity (Wildman–Crippen MR) is 92.9 cm³/mol. The molecule has 5 nitrogen and oxygen atoms in total. The van der Waals surface area contributed by atoms with Crippen LogP contribution in [0.15, 0.2) is 54.2 Å². The molecule has 2 aromatic rings. The van der Waals surface area contributed by atoms with Crippen molar-refractivity contribution in [2.75, 3.05) is 12.4 Å². The first-order valence-corrected chi connectivity index (χ1v) is 7.99. The van der Waals surface area contributed by atoms with E-state index in [0.29, 0.717) is 10.6 Å². The number of hydrogen-bond acceptors (Lipinski definition) is 4. The van der Waals surface area contributed by atoms with Crippen molar-refractivity contribution < 1.29 is 27.5 Å². The Morgan fingerprint density at radius 2 is 1.70 bits per heavy atom. The fourth-order valence-electron chi connectivity index (χ4n) is 2.56. The van der Waals surface area contributed by atoms with Crippen LogP contribution in [-0.4, -0.2) is 30.1 Å². The summed E-state index contributed by atoms with van der Waals surface area (Å²) in [6, 6.07) is 11.3. The van der Waals surface area contributed by atoms with E-state index in [1.165, 1.54) is 19.2 Å². The summed E-state index contributed by atoms with van der Waals surface area (Å²) in [6.07, 6.45) is -4.84. The first-order chi connectivity index (χ1) is 12.7. The molecule has 27 heavy (non-hydrogen) atoms. The lowest BCUT2D eigenvalue weighted by Gasteiger charge is -2.12. The van der Waals surface area contributed by atoms with Crippen LogP contribution in [0, 0.1) is 0 Å². The molecule has 2 amide bonds. The Kier molecular flexibility index (Phi) is 4.84. The van der Waals surface area contributed by atoms with Crippen LogP contribution in [0.4, 0.5) is 18.9 Å². The van der Waals surface area contributed by atoms with Gasteiger partial charge in [0.15, 0.2) is 0 Å². The van der Waals surface area contributed by atoms with Crippen LogP contribution < -0.4 is 10.1 Å². The number of nitrogens with zero attached hydrogens (tertiary/aromatic N) is 1. The van der Waals surface area contributed by atoms with Crippen molar-refractivity contribution in [1.29, 1.82) is 0 Å². The number of rotatable bonds is 4. The second-order valence-corrected chi connectivity index (χ2v) is 6.06. The topological polar surface area (TPSA) is 58.6 Å². The van der Waals surface area contributed by atoms with E-state index in [-0.39, 0.29) is 17.0 Å². The van der Waals surface area contributed by atoms with Crippen molar-refractivity contribution in [1.82, 2.24) is 4.90 Å². The highest BCUT2D eigenvalue weighted by molar-refractivity contribution is 6.36. The highest BCUT2D eigenvalue weighted by Gasteiger charge is 2.37. The molecule has 0 spiro atoms. The van der Waals surface area contributed by atoms with Crippen molar-refractivity contribution in [2.24, 2.45) is 0 Å². The molecule has 3 rings (SSSR count).